The maximum absolute atomic E-state index is 7.00. The number of rotatable bonds is 3. The molecule has 116 valence electrons. The Morgan fingerprint density at radius 2 is 2.05 bits per heavy atom. The second-order valence-electron chi connectivity index (χ2n) is 5.00. The topological polar surface area (TPSA) is 54.2 Å². The second-order valence-corrected chi connectivity index (χ2v) is 6.53. The third kappa shape index (κ3) is 4.12. The van der Waals surface area contributed by atoms with Crippen molar-refractivity contribution >= 4 is 35.6 Å². The molecule has 0 aliphatic carbocycles. The molecule has 5 nitrogen and oxygen atoms in total. The van der Waals surface area contributed by atoms with Crippen molar-refractivity contribution in [3.05, 3.63) is 18.5 Å². The number of fused-ring (bicyclic) bond motifs is 1. The fraction of sp³-hybridized carbons (Fsp3) is 0.571. The van der Waals surface area contributed by atoms with Crippen LogP contribution in [0.3, 0.4) is 0 Å². The Labute approximate surface area is 135 Å². The van der Waals surface area contributed by atoms with Crippen LogP contribution in [0.4, 0.5) is 0 Å². The lowest BCUT2D eigenvalue weighted by molar-refractivity contribution is 0.312. The minimum Gasteiger partial charge on any atom is -0.400 e. The Bertz CT molecular complexity index is 567. The summed E-state index contributed by atoms with van der Waals surface area (Å²) >= 11 is 6.20. The molecule has 21 heavy (non-hydrogen) atoms. The van der Waals surface area contributed by atoms with Gasteiger partial charge in [0.15, 0.2) is 5.65 Å². The number of thiol groups is 1. The van der Waals surface area contributed by atoms with E-state index in [0.717, 1.165) is 42.9 Å². The molecule has 3 heterocycles. The van der Waals surface area contributed by atoms with E-state index < -0.39 is 0 Å². The fourth-order valence-electron chi connectivity index (χ4n) is 2.41. The molecule has 0 radical (unpaired) electrons. The van der Waals surface area contributed by atoms with Crippen LogP contribution < -0.4 is 0 Å². The Morgan fingerprint density at radius 3 is 2.71 bits per heavy atom. The molecule has 1 N–H and O–H groups in total. The molecule has 2 aromatic heterocycles. The Kier molecular flexibility index (Phi) is 6.35. The van der Waals surface area contributed by atoms with Crippen LogP contribution in [0.15, 0.2) is 23.4 Å². The summed E-state index contributed by atoms with van der Waals surface area (Å²) < 4.78 is 4.24. The van der Waals surface area contributed by atoms with E-state index in [-0.39, 0.29) is 0 Å². The normalized spacial score (nSPS) is 16.8. The predicted octanol–water partition coefficient (Wildman–Crippen LogP) is 2.23. The number of aryl methyl sites for hydroxylation is 1. The van der Waals surface area contributed by atoms with Gasteiger partial charge in [-0.15, -0.1) is 0 Å². The van der Waals surface area contributed by atoms with Gasteiger partial charge in [-0.05, 0) is 42.5 Å². The lowest BCUT2D eigenvalue weighted by Gasteiger charge is -2.29. The van der Waals surface area contributed by atoms with Crippen molar-refractivity contribution < 1.29 is 5.11 Å². The van der Waals surface area contributed by atoms with E-state index in [4.69, 9.17) is 5.11 Å². The summed E-state index contributed by atoms with van der Waals surface area (Å²) in [5.41, 5.74) is 0.943. The highest BCUT2D eigenvalue weighted by atomic mass is 32.2. The van der Waals surface area contributed by atoms with Gasteiger partial charge < -0.3 is 5.11 Å². The number of piperidine rings is 1. The molecule has 1 fully saturated rings. The van der Waals surface area contributed by atoms with Gasteiger partial charge in [0.05, 0.1) is 6.20 Å². The maximum Gasteiger partial charge on any atom is 0.157 e. The highest BCUT2D eigenvalue weighted by Gasteiger charge is 2.19. The van der Waals surface area contributed by atoms with Crippen LogP contribution in [-0.4, -0.2) is 50.1 Å². The number of hydrogen-bond donors (Lipinski definition) is 2. The Hall–Kier alpha value is -0.760. The molecule has 0 saturated carbocycles. The van der Waals surface area contributed by atoms with Crippen LogP contribution in [0, 0.1) is 5.92 Å². The Balaban J connectivity index is 0.000000774. The third-order valence-electron chi connectivity index (χ3n) is 3.61. The second kappa shape index (κ2) is 8.03. The minimum absolute atomic E-state index is 0.791. The van der Waals surface area contributed by atoms with Crippen LogP contribution in [-0.2, 0) is 7.05 Å². The minimum atomic E-state index is 0.791. The van der Waals surface area contributed by atoms with Gasteiger partial charge in [-0.1, -0.05) is 0 Å². The number of aromatic nitrogens is 3. The highest BCUT2D eigenvalue weighted by Crippen LogP contribution is 2.29. The molecule has 0 amide bonds. The monoisotopic (exact) mass is 326 g/mol. The smallest absolute Gasteiger partial charge is 0.157 e. The number of aliphatic hydroxyl groups is 1. The van der Waals surface area contributed by atoms with Gasteiger partial charge >= 0.3 is 0 Å². The van der Waals surface area contributed by atoms with Gasteiger partial charge in [0.2, 0.25) is 0 Å². The van der Waals surface area contributed by atoms with Crippen molar-refractivity contribution in [2.45, 2.75) is 17.7 Å². The van der Waals surface area contributed by atoms with Gasteiger partial charge in [-0.3, -0.25) is 4.68 Å². The first-order chi connectivity index (χ1) is 10.3. The van der Waals surface area contributed by atoms with Gasteiger partial charge in [-0.2, -0.15) is 17.7 Å². The molecule has 0 bridgehead atoms. The van der Waals surface area contributed by atoms with E-state index in [1.54, 1.807) is 0 Å². The van der Waals surface area contributed by atoms with Gasteiger partial charge in [0.25, 0.3) is 0 Å². The Morgan fingerprint density at radius 1 is 1.33 bits per heavy atom. The third-order valence-corrected chi connectivity index (χ3v) is 5.19. The highest BCUT2D eigenvalue weighted by molar-refractivity contribution is 7.97. The summed E-state index contributed by atoms with van der Waals surface area (Å²) in [6.45, 7) is 2.28. The van der Waals surface area contributed by atoms with Crippen molar-refractivity contribution in [3.63, 3.8) is 0 Å². The standard InChI is InChI=1S/C13H18N4S2.CH4O/c1-16-13-11(7-15-16)6-12(8-14-13)19-17-4-2-10(9-18)3-5-17;1-2/h6-8,10,18H,2-5,9H2,1H3;2H,1H3. The average Bonchev–Trinajstić information content (AvgIpc) is 2.91. The molecule has 0 aromatic carbocycles. The molecule has 2 aromatic rings. The van der Waals surface area contributed by atoms with Gasteiger partial charge in [0, 0.05) is 43.7 Å². The van der Waals surface area contributed by atoms with Crippen LogP contribution in [0.2, 0.25) is 0 Å². The SMILES string of the molecule is CO.Cn1ncc2cc(SN3CCC(CS)CC3)cnc21. The summed E-state index contributed by atoms with van der Waals surface area (Å²) in [6.07, 6.45) is 6.32. The molecule has 0 spiro atoms. The molecule has 7 heteroatoms. The number of pyridine rings is 1. The van der Waals surface area contributed by atoms with E-state index in [1.807, 2.05) is 36.1 Å². The lowest BCUT2D eigenvalue weighted by Crippen LogP contribution is -2.29. The summed E-state index contributed by atoms with van der Waals surface area (Å²) in [7, 11) is 2.92. The molecular formula is C14H22N4OS2. The predicted molar refractivity (Wildman–Crippen MR) is 90.7 cm³/mol. The number of nitrogens with zero attached hydrogens (tertiary/aromatic N) is 4. The summed E-state index contributed by atoms with van der Waals surface area (Å²) in [5, 5.41) is 12.3. The largest absolute Gasteiger partial charge is 0.400 e. The summed E-state index contributed by atoms with van der Waals surface area (Å²) in [6, 6.07) is 2.17. The van der Waals surface area contributed by atoms with E-state index in [2.05, 4.69) is 33.1 Å². The van der Waals surface area contributed by atoms with E-state index in [9.17, 15) is 0 Å². The molecule has 1 aliphatic rings. The molecule has 0 atom stereocenters. The summed E-state index contributed by atoms with van der Waals surface area (Å²) in [5.74, 6) is 1.81. The lowest BCUT2D eigenvalue weighted by atomic mass is 10.0. The molecule has 0 unspecified atom stereocenters. The van der Waals surface area contributed by atoms with Crippen molar-refractivity contribution in [3.8, 4) is 0 Å². The quantitative estimate of drug-likeness (QED) is 0.669. The molecule has 1 aliphatic heterocycles. The van der Waals surface area contributed by atoms with Crippen molar-refractivity contribution in [1.29, 1.82) is 0 Å². The fourth-order valence-corrected chi connectivity index (χ4v) is 3.74. The van der Waals surface area contributed by atoms with Crippen molar-refractivity contribution in [2.24, 2.45) is 13.0 Å². The zero-order chi connectivity index (χ0) is 15.2. The van der Waals surface area contributed by atoms with Crippen LogP contribution >= 0.6 is 24.6 Å². The van der Waals surface area contributed by atoms with Gasteiger partial charge in [0.1, 0.15) is 0 Å². The van der Waals surface area contributed by atoms with Crippen LogP contribution in [0.1, 0.15) is 12.8 Å². The van der Waals surface area contributed by atoms with Crippen molar-refractivity contribution in [1.82, 2.24) is 19.1 Å². The average molecular weight is 326 g/mol. The van der Waals surface area contributed by atoms with Gasteiger partial charge in [-0.25, -0.2) is 9.29 Å². The molecule has 3 rings (SSSR count). The van der Waals surface area contributed by atoms with Crippen LogP contribution in [0.25, 0.3) is 11.0 Å². The van der Waals surface area contributed by atoms with E-state index in [1.165, 1.54) is 17.7 Å². The first kappa shape index (κ1) is 16.6. The van der Waals surface area contributed by atoms with E-state index >= 15 is 0 Å². The molecule has 1 saturated heterocycles. The molecular weight excluding hydrogens is 304 g/mol. The first-order valence-electron chi connectivity index (χ1n) is 7.02. The summed E-state index contributed by atoms with van der Waals surface area (Å²) in [4.78, 5) is 5.68. The van der Waals surface area contributed by atoms with E-state index in [0.29, 0.717) is 0 Å². The number of aliphatic hydroxyl groups excluding tert-OH is 1. The van der Waals surface area contributed by atoms with Crippen LogP contribution in [0.5, 0.6) is 0 Å². The zero-order valence-electron chi connectivity index (χ0n) is 12.4. The number of hydrogen-bond acceptors (Lipinski definition) is 6. The zero-order valence-corrected chi connectivity index (χ0v) is 14.1. The maximum atomic E-state index is 7.00. The van der Waals surface area contributed by atoms with Crippen molar-refractivity contribution in [2.75, 3.05) is 26.0 Å². The first-order valence-corrected chi connectivity index (χ1v) is 8.43.